The summed E-state index contributed by atoms with van der Waals surface area (Å²) in [5.74, 6) is 1.79. The van der Waals surface area contributed by atoms with E-state index < -0.39 is 11.9 Å². The summed E-state index contributed by atoms with van der Waals surface area (Å²) in [7, 11) is 0. The third-order valence-corrected chi connectivity index (χ3v) is 11.6. The molecule has 0 unspecified atom stereocenters. The zero-order valence-electron chi connectivity index (χ0n) is 33.9. The third kappa shape index (κ3) is 16.1. The van der Waals surface area contributed by atoms with Crippen LogP contribution in [0.5, 0.6) is 11.5 Å². The molecule has 0 N–H and O–H groups in total. The van der Waals surface area contributed by atoms with Crippen LogP contribution in [0.25, 0.3) is 0 Å². The fraction of sp³-hybridized carbons (Fsp3) is 0.320. The van der Waals surface area contributed by atoms with Crippen molar-refractivity contribution in [2.75, 3.05) is 11.5 Å². The quantitative estimate of drug-likeness (QED) is 0.0203. The van der Waals surface area contributed by atoms with Crippen LogP contribution in [0.15, 0.2) is 141 Å². The Morgan fingerprint density at radius 2 is 0.862 bits per heavy atom. The monoisotopic (exact) mass is 812 g/mol. The molecule has 0 heterocycles. The molecule has 5 aromatic rings. The maximum atomic E-state index is 12.9. The number of nitrogens with zero attached hydrogens (tertiary/aromatic N) is 2. The van der Waals surface area contributed by atoms with Gasteiger partial charge in [-0.3, -0.25) is 9.98 Å². The average molecular weight is 813 g/mol. The highest BCUT2D eigenvalue weighted by atomic mass is 32.2. The lowest BCUT2D eigenvalue weighted by atomic mass is 10.1. The van der Waals surface area contributed by atoms with Crippen LogP contribution in [0.3, 0.4) is 0 Å². The standard InChI is InChI=1S/C50H56N2O4S2/c1-3-5-7-9-11-13-34-57-47-30-26-43(27-31-47)51-37-39-18-22-41(23-19-39)49(53)55-45-16-15-17-46(36-45)56-50(54)42-24-20-40(21-25-42)38-52-44-28-32-48(33-29-44)58-35-14-12-10-8-6-4-2/h15-33,36-38H,3-14,34-35H2,1-2H3. The summed E-state index contributed by atoms with van der Waals surface area (Å²) in [4.78, 5) is 37.6. The van der Waals surface area contributed by atoms with E-state index in [9.17, 15) is 9.59 Å². The second kappa shape index (κ2) is 25.4. The highest BCUT2D eigenvalue weighted by molar-refractivity contribution is 7.99. The average Bonchev–Trinajstić information content (AvgIpc) is 3.25. The van der Waals surface area contributed by atoms with Crippen LogP contribution >= 0.6 is 23.5 Å². The Morgan fingerprint density at radius 3 is 1.26 bits per heavy atom. The number of ether oxygens (including phenoxy) is 2. The minimum atomic E-state index is -0.517. The first-order valence-electron chi connectivity index (χ1n) is 20.8. The number of esters is 2. The normalized spacial score (nSPS) is 11.3. The van der Waals surface area contributed by atoms with Gasteiger partial charge in [0.1, 0.15) is 11.5 Å². The minimum absolute atomic E-state index is 0.269. The first-order valence-corrected chi connectivity index (χ1v) is 22.7. The maximum Gasteiger partial charge on any atom is 0.343 e. The predicted octanol–water partition coefficient (Wildman–Crippen LogP) is 14.5. The molecular formula is C50H56N2O4S2. The molecule has 0 aliphatic heterocycles. The summed E-state index contributed by atoms with van der Waals surface area (Å²) >= 11 is 3.79. The number of hydrogen-bond acceptors (Lipinski definition) is 8. The number of rotatable bonds is 24. The Morgan fingerprint density at radius 1 is 0.483 bits per heavy atom. The number of aliphatic imine (C=N–C) groups is 2. The zero-order valence-corrected chi connectivity index (χ0v) is 35.6. The molecule has 0 aliphatic rings. The van der Waals surface area contributed by atoms with Crippen molar-refractivity contribution in [2.45, 2.75) is 101 Å². The van der Waals surface area contributed by atoms with Crippen molar-refractivity contribution in [1.29, 1.82) is 0 Å². The van der Waals surface area contributed by atoms with Gasteiger partial charge >= 0.3 is 11.9 Å². The van der Waals surface area contributed by atoms with Crippen molar-refractivity contribution in [3.8, 4) is 11.5 Å². The number of unbranched alkanes of at least 4 members (excludes halogenated alkanes) is 10. The van der Waals surface area contributed by atoms with E-state index in [1.54, 1.807) is 54.9 Å². The van der Waals surface area contributed by atoms with E-state index in [1.165, 1.54) is 92.9 Å². The Bertz CT molecular complexity index is 1880. The molecule has 8 heteroatoms. The SMILES string of the molecule is CCCCCCCCSc1ccc(N=Cc2ccc(C(=O)Oc3cccc(OC(=O)c4ccc(C=Nc5ccc(SCCCCCCCC)cc5)cc4)c3)cc2)cc1. The lowest BCUT2D eigenvalue weighted by Gasteiger charge is -2.08. The first-order chi connectivity index (χ1) is 28.5. The molecule has 0 amide bonds. The first kappa shape index (κ1) is 44.2. The van der Waals surface area contributed by atoms with Gasteiger partial charge in [-0.25, -0.2) is 9.59 Å². The number of carbonyl (C=O) groups is 2. The van der Waals surface area contributed by atoms with Gasteiger partial charge in [0.2, 0.25) is 0 Å². The number of benzene rings is 5. The minimum Gasteiger partial charge on any atom is -0.423 e. The molecule has 0 aromatic heterocycles. The summed E-state index contributed by atoms with van der Waals surface area (Å²) in [5.41, 5.74) is 4.27. The highest BCUT2D eigenvalue weighted by Crippen LogP contribution is 2.26. The van der Waals surface area contributed by atoms with Crippen LogP contribution in [0.1, 0.15) is 123 Å². The molecule has 0 saturated carbocycles. The van der Waals surface area contributed by atoms with Gasteiger partial charge in [0.25, 0.3) is 0 Å². The van der Waals surface area contributed by atoms with E-state index in [4.69, 9.17) is 9.47 Å². The van der Waals surface area contributed by atoms with Gasteiger partial charge in [-0.05, 0) is 120 Å². The maximum absolute atomic E-state index is 12.9. The molecule has 58 heavy (non-hydrogen) atoms. The fourth-order valence-corrected chi connectivity index (χ4v) is 7.87. The van der Waals surface area contributed by atoms with Crippen molar-refractivity contribution >= 4 is 59.3 Å². The second-order valence-electron chi connectivity index (χ2n) is 14.2. The zero-order chi connectivity index (χ0) is 40.6. The van der Waals surface area contributed by atoms with Crippen LogP contribution < -0.4 is 9.47 Å². The van der Waals surface area contributed by atoms with Gasteiger partial charge in [0.15, 0.2) is 0 Å². The second-order valence-corrected chi connectivity index (χ2v) is 16.6. The van der Waals surface area contributed by atoms with Crippen molar-refractivity contribution in [3.05, 3.63) is 144 Å². The number of carbonyl (C=O) groups excluding carboxylic acids is 2. The van der Waals surface area contributed by atoms with Gasteiger partial charge < -0.3 is 9.47 Å². The molecule has 302 valence electrons. The van der Waals surface area contributed by atoms with Crippen molar-refractivity contribution in [2.24, 2.45) is 9.98 Å². The molecule has 5 aromatic carbocycles. The molecule has 6 nitrogen and oxygen atoms in total. The fourth-order valence-electron chi connectivity index (χ4n) is 6.04. The van der Waals surface area contributed by atoms with Crippen LogP contribution in [0, 0.1) is 0 Å². The van der Waals surface area contributed by atoms with Crippen LogP contribution in [0.4, 0.5) is 11.4 Å². The molecule has 0 saturated heterocycles. The summed E-state index contributed by atoms with van der Waals surface area (Å²) < 4.78 is 11.2. The summed E-state index contributed by atoms with van der Waals surface area (Å²) in [6.07, 6.45) is 19.3. The van der Waals surface area contributed by atoms with Crippen molar-refractivity contribution in [1.82, 2.24) is 0 Å². The van der Waals surface area contributed by atoms with Crippen molar-refractivity contribution < 1.29 is 19.1 Å². The van der Waals surface area contributed by atoms with Crippen LogP contribution in [0.2, 0.25) is 0 Å². The third-order valence-electron chi connectivity index (χ3n) is 9.45. The molecule has 0 bridgehead atoms. The van der Waals surface area contributed by atoms with E-state index in [-0.39, 0.29) is 11.5 Å². The van der Waals surface area contributed by atoms with E-state index in [1.807, 2.05) is 72.1 Å². The summed E-state index contributed by atoms with van der Waals surface area (Å²) in [6.45, 7) is 4.50. The van der Waals surface area contributed by atoms with E-state index in [2.05, 4.69) is 48.1 Å². The predicted molar refractivity (Wildman–Crippen MR) is 245 cm³/mol. The number of thioether (sulfide) groups is 2. The lowest BCUT2D eigenvalue weighted by Crippen LogP contribution is -2.10. The highest BCUT2D eigenvalue weighted by Gasteiger charge is 2.12. The molecule has 0 spiro atoms. The Kier molecular flexibility index (Phi) is 19.4. The molecule has 5 rings (SSSR count). The topological polar surface area (TPSA) is 77.3 Å². The molecule has 0 atom stereocenters. The molecule has 0 fully saturated rings. The van der Waals surface area contributed by atoms with E-state index in [0.29, 0.717) is 11.1 Å². The van der Waals surface area contributed by atoms with Crippen LogP contribution in [-0.4, -0.2) is 35.9 Å². The summed E-state index contributed by atoms with van der Waals surface area (Å²) in [6, 6.07) is 37.2. The van der Waals surface area contributed by atoms with Gasteiger partial charge in [-0.15, -0.1) is 23.5 Å². The van der Waals surface area contributed by atoms with Gasteiger partial charge in [-0.2, -0.15) is 0 Å². The Hall–Kier alpha value is -4.92. The largest absolute Gasteiger partial charge is 0.423 e. The lowest BCUT2D eigenvalue weighted by molar-refractivity contribution is 0.0733. The molecule has 0 radical (unpaired) electrons. The summed E-state index contributed by atoms with van der Waals surface area (Å²) in [5, 5.41) is 0. The van der Waals surface area contributed by atoms with E-state index in [0.717, 1.165) is 34.0 Å². The van der Waals surface area contributed by atoms with Crippen molar-refractivity contribution in [3.63, 3.8) is 0 Å². The van der Waals surface area contributed by atoms with Gasteiger partial charge in [0, 0.05) is 28.3 Å². The Balaban J connectivity index is 1.03. The number of hydrogen-bond donors (Lipinski definition) is 0. The Labute approximate surface area is 354 Å². The van der Waals surface area contributed by atoms with Gasteiger partial charge in [-0.1, -0.05) is 108 Å². The van der Waals surface area contributed by atoms with Gasteiger partial charge in [0.05, 0.1) is 22.5 Å². The molecular weight excluding hydrogens is 757 g/mol. The smallest absolute Gasteiger partial charge is 0.343 e. The van der Waals surface area contributed by atoms with E-state index >= 15 is 0 Å². The molecule has 0 aliphatic carbocycles. The van der Waals surface area contributed by atoms with Crippen LogP contribution in [-0.2, 0) is 0 Å².